The van der Waals surface area contributed by atoms with E-state index in [0.717, 1.165) is 22.2 Å². The number of nitrogens with zero attached hydrogens (tertiary/aromatic N) is 3. The van der Waals surface area contributed by atoms with E-state index in [0.29, 0.717) is 59.2 Å². The number of ether oxygens (including phenoxy) is 1. The van der Waals surface area contributed by atoms with Crippen molar-refractivity contribution in [2.75, 3.05) is 37.7 Å². The topological polar surface area (TPSA) is 75.9 Å². The first-order valence-electron chi connectivity index (χ1n) is 12.8. The van der Waals surface area contributed by atoms with Gasteiger partial charge in [0.15, 0.2) is 12.2 Å². The molecule has 0 N–H and O–H groups in total. The van der Waals surface area contributed by atoms with Crippen molar-refractivity contribution in [1.82, 2.24) is 9.88 Å². The highest BCUT2D eigenvalue weighted by Gasteiger charge is 2.24. The first-order valence-corrected chi connectivity index (χ1v) is 13.2. The van der Waals surface area contributed by atoms with E-state index < -0.39 is 5.97 Å². The number of rotatable bonds is 5. The maximum atomic E-state index is 13.2. The minimum absolute atomic E-state index is 0.217. The summed E-state index contributed by atoms with van der Waals surface area (Å²) in [6.45, 7) is 4.16. The smallest absolute Gasteiger partial charge is 0.339 e. The SMILES string of the molecule is Cc1ccc(Cl)cc1N1CCN(C(=O)COC(=O)c2cccc3cccc(-c4nc5ccccc5o4)c23)CC1. The Morgan fingerprint density at radius 3 is 2.51 bits per heavy atom. The molecule has 0 aliphatic carbocycles. The van der Waals surface area contributed by atoms with Gasteiger partial charge < -0.3 is 19.0 Å². The van der Waals surface area contributed by atoms with Crippen molar-refractivity contribution < 1.29 is 18.7 Å². The summed E-state index contributed by atoms with van der Waals surface area (Å²) >= 11 is 6.19. The number of anilines is 1. The van der Waals surface area contributed by atoms with E-state index in [-0.39, 0.29) is 12.5 Å². The van der Waals surface area contributed by atoms with Gasteiger partial charge in [0.25, 0.3) is 5.91 Å². The maximum absolute atomic E-state index is 13.2. The zero-order chi connectivity index (χ0) is 26.9. The average molecular weight is 540 g/mol. The fraction of sp³-hybridized carbons (Fsp3) is 0.194. The Balaban J connectivity index is 1.17. The molecule has 1 aliphatic rings. The van der Waals surface area contributed by atoms with Crippen molar-refractivity contribution >= 4 is 51.0 Å². The largest absolute Gasteiger partial charge is 0.452 e. The average Bonchev–Trinajstić information content (AvgIpc) is 3.41. The number of para-hydroxylation sites is 2. The van der Waals surface area contributed by atoms with Crippen LogP contribution in [-0.2, 0) is 9.53 Å². The van der Waals surface area contributed by atoms with Crippen LogP contribution in [0.15, 0.2) is 83.3 Å². The number of carbonyl (C=O) groups is 2. The van der Waals surface area contributed by atoms with Gasteiger partial charge in [-0.3, -0.25) is 4.79 Å². The summed E-state index contributed by atoms with van der Waals surface area (Å²) in [6.07, 6.45) is 0. The molecular formula is C31H26ClN3O4. The van der Waals surface area contributed by atoms with Gasteiger partial charge >= 0.3 is 5.97 Å². The summed E-state index contributed by atoms with van der Waals surface area (Å²) in [7, 11) is 0. The van der Waals surface area contributed by atoms with Crippen molar-refractivity contribution in [3.8, 4) is 11.5 Å². The number of benzene rings is 4. The Kier molecular flexibility index (Phi) is 6.67. The fourth-order valence-corrected chi connectivity index (χ4v) is 5.26. The van der Waals surface area contributed by atoms with Crippen LogP contribution in [0.5, 0.6) is 0 Å². The molecule has 1 amide bonds. The van der Waals surface area contributed by atoms with Gasteiger partial charge in [-0.25, -0.2) is 9.78 Å². The highest BCUT2D eigenvalue weighted by molar-refractivity contribution is 6.30. The molecule has 0 radical (unpaired) electrons. The summed E-state index contributed by atoms with van der Waals surface area (Å²) in [5.41, 5.74) is 4.67. The number of hydrogen-bond acceptors (Lipinski definition) is 6. The summed E-state index contributed by atoms with van der Waals surface area (Å²) in [4.78, 5) is 34.7. The maximum Gasteiger partial charge on any atom is 0.339 e. The lowest BCUT2D eigenvalue weighted by atomic mass is 9.99. The molecule has 0 unspecified atom stereocenters. The number of piperazine rings is 1. The molecular weight excluding hydrogens is 514 g/mol. The van der Waals surface area contributed by atoms with Crippen molar-refractivity contribution in [3.63, 3.8) is 0 Å². The number of fused-ring (bicyclic) bond motifs is 2. The van der Waals surface area contributed by atoms with E-state index in [1.165, 1.54) is 0 Å². The molecule has 8 heteroatoms. The number of aryl methyl sites for hydroxylation is 1. The summed E-state index contributed by atoms with van der Waals surface area (Å²) in [5, 5.41) is 2.21. The Bertz CT molecular complexity index is 1670. The third kappa shape index (κ3) is 4.93. The highest BCUT2D eigenvalue weighted by Crippen LogP contribution is 2.33. The van der Waals surface area contributed by atoms with Gasteiger partial charge in [0.1, 0.15) is 5.52 Å². The van der Waals surface area contributed by atoms with E-state index in [1.54, 1.807) is 17.0 Å². The zero-order valence-corrected chi connectivity index (χ0v) is 22.1. The molecule has 39 heavy (non-hydrogen) atoms. The number of aromatic nitrogens is 1. The van der Waals surface area contributed by atoms with Gasteiger partial charge in [0.2, 0.25) is 5.89 Å². The quantitative estimate of drug-likeness (QED) is 0.251. The normalized spacial score (nSPS) is 13.7. The molecule has 1 saturated heterocycles. The highest BCUT2D eigenvalue weighted by atomic mass is 35.5. The van der Waals surface area contributed by atoms with Crippen LogP contribution in [0.25, 0.3) is 33.3 Å². The molecule has 0 atom stereocenters. The number of oxazole rings is 1. The van der Waals surface area contributed by atoms with Crippen molar-refractivity contribution in [2.24, 2.45) is 0 Å². The molecule has 4 aromatic carbocycles. The van der Waals surface area contributed by atoms with Crippen LogP contribution in [-0.4, -0.2) is 54.5 Å². The minimum atomic E-state index is -0.564. The lowest BCUT2D eigenvalue weighted by molar-refractivity contribution is -0.134. The number of esters is 1. The molecule has 7 nitrogen and oxygen atoms in total. The molecule has 2 heterocycles. The molecule has 0 spiro atoms. The summed E-state index contributed by atoms with van der Waals surface area (Å²) in [5.74, 6) is -0.359. The molecule has 0 saturated carbocycles. The fourth-order valence-electron chi connectivity index (χ4n) is 5.09. The second kappa shape index (κ2) is 10.4. The van der Waals surface area contributed by atoms with Gasteiger partial charge in [0, 0.05) is 47.8 Å². The third-order valence-electron chi connectivity index (χ3n) is 7.12. The molecule has 1 aromatic heterocycles. The van der Waals surface area contributed by atoms with Gasteiger partial charge in [-0.05, 0) is 54.3 Å². The van der Waals surface area contributed by atoms with Gasteiger partial charge in [0.05, 0.1) is 5.56 Å². The Hall–Kier alpha value is -4.36. The van der Waals surface area contributed by atoms with Crippen LogP contribution < -0.4 is 4.90 Å². The van der Waals surface area contributed by atoms with Crippen LogP contribution >= 0.6 is 11.6 Å². The summed E-state index contributed by atoms with van der Waals surface area (Å²) in [6, 6.07) is 24.5. The standard InChI is InChI=1S/C31H26ClN3O4/c1-20-12-13-22(32)18-26(20)34-14-16-35(17-15-34)28(36)19-38-31(37)24-9-5-7-21-6-4-8-23(29(21)24)30-33-25-10-2-3-11-27(25)39-30/h2-13,18H,14-17,19H2,1H3. The molecule has 1 aliphatic heterocycles. The molecule has 1 fully saturated rings. The monoisotopic (exact) mass is 539 g/mol. The number of halogens is 1. The van der Waals surface area contributed by atoms with Crippen LogP contribution in [0, 0.1) is 6.92 Å². The van der Waals surface area contributed by atoms with Crippen LogP contribution in [0.4, 0.5) is 5.69 Å². The number of carbonyl (C=O) groups excluding carboxylic acids is 2. The molecule has 196 valence electrons. The van der Waals surface area contributed by atoms with E-state index in [4.69, 9.17) is 20.8 Å². The zero-order valence-electron chi connectivity index (χ0n) is 21.4. The van der Waals surface area contributed by atoms with Gasteiger partial charge in [-0.1, -0.05) is 54.1 Å². The predicted octanol–water partition coefficient (Wildman–Crippen LogP) is 6.12. The van der Waals surface area contributed by atoms with Crippen molar-refractivity contribution in [2.45, 2.75) is 6.92 Å². The van der Waals surface area contributed by atoms with Gasteiger partial charge in [-0.15, -0.1) is 0 Å². The van der Waals surface area contributed by atoms with E-state index in [1.807, 2.05) is 73.7 Å². The number of amides is 1. The minimum Gasteiger partial charge on any atom is -0.452 e. The van der Waals surface area contributed by atoms with Gasteiger partial charge in [-0.2, -0.15) is 0 Å². The lowest BCUT2D eigenvalue weighted by Gasteiger charge is -2.36. The molecule has 0 bridgehead atoms. The van der Waals surface area contributed by atoms with E-state index >= 15 is 0 Å². The second-order valence-electron chi connectivity index (χ2n) is 9.57. The van der Waals surface area contributed by atoms with Crippen LogP contribution in [0.3, 0.4) is 0 Å². The molecule has 6 rings (SSSR count). The van der Waals surface area contributed by atoms with Crippen LogP contribution in [0.1, 0.15) is 15.9 Å². The first kappa shape index (κ1) is 24.9. The lowest BCUT2D eigenvalue weighted by Crippen LogP contribution is -2.50. The number of hydrogen-bond donors (Lipinski definition) is 0. The Morgan fingerprint density at radius 1 is 0.949 bits per heavy atom. The Morgan fingerprint density at radius 2 is 1.72 bits per heavy atom. The predicted molar refractivity (Wildman–Crippen MR) is 152 cm³/mol. The Labute approximate surface area is 230 Å². The van der Waals surface area contributed by atoms with E-state index in [2.05, 4.69) is 9.88 Å². The molecule has 5 aromatic rings. The second-order valence-corrected chi connectivity index (χ2v) is 10.0. The summed E-state index contributed by atoms with van der Waals surface area (Å²) < 4.78 is 11.5. The van der Waals surface area contributed by atoms with Crippen molar-refractivity contribution in [1.29, 1.82) is 0 Å². The van der Waals surface area contributed by atoms with Crippen LogP contribution in [0.2, 0.25) is 5.02 Å². The third-order valence-corrected chi connectivity index (χ3v) is 7.35. The van der Waals surface area contributed by atoms with Crippen molar-refractivity contribution in [3.05, 3.63) is 95.0 Å². The first-order chi connectivity index (χ1) is 19.0. The van der Waals surface area contributed by atoms with E-state index in [9.17, 15) is 9.59 Å².